The second-order valence-corrected chi connectivity index (χ2v) is 7.68. The lowest BCUT2D eigenvalue weighted by atomic mass is 10.1. The Bertz CT molecular complexity index is 530. The van der Waals surface area contributed by atoms with Crippen LogP contribution in [0.3, 0.4) is 0 Å². The van der Waals surface area contributed by atoms with E-state index < -0.39 is 10.0 Å². The number of rotatable bonds is 6. The van der Waals surface area contributed by atoms with Gasteiger partial charge in [-0.25, -0.2) is 13.1 Å². The van der Waals surface area contributed by atoms with Crippen LogP contribution in [0.4, 0.5) is 0 Å². The molecular weight excluding hydrogens is 270 g/mol. The van der Waals surface area contributed by atoms with E-state index in [1.807, 2.05) is 0 Å². The number of aryl methyl sites for hydroxylation is 1. The Kier molecular flexibility index (Phi) is 3.82. The molecule has 0 unspecified atom stereocenters. The summed E-state index contributed by atoms with van der Waals surface area (Å²) in [4.78, 5) is 0.781. The van der Waals surface area contributed by atoms with E-state index in [9.17, 15) is 13.5 Å². The van der Waals surface area contributed by atoms with Gasteiger partial charge < -0.3 is 5.11 Å². The van der Waals surface area contributed by atoms with E-state index >= 15 is 0 Å². The summed E-state index contributed by atoms with van der Waals surface area (Å²) in [6, 6.07) is 0. The fourth-order valence-corrected chi connectivity index (χ4v) is 4.92. The summed E-state index contributed by atoms with van der Waals surface area (Å²) in [6.07, 6.45) is 3.20. The normalized spacial score (nSPS) is 17.9. The third kappa shape index (κ3) is 2.61. The minimum absolute atomic E-state index is 0.177. The predicted octanol–water partition coefficient (Wildman–Crippen LogP) is 2.02. The lowest BCUT2D eigenvalue weighted by Gasteiger charge is -2.14. The van der Waals surface area contributed by atoms with Crippen LogP contribution < -0.4 is 4.72 Å². The summed E-state index contributed by atoms with van der Waals surface area (Å²) in [5.41, 5.74) is 0.883. The molecule has 0 aliphatic heterocycles. The molecule has 1 aromatic rings. The fourth-order valence-electron chi connectivity index (χ4n) is 2.11. The first kappa shape index (κ1) is 14.0. The van der Waals surface area contributed by atoms with Gasteiger partial charge in [0.2, 0.25) is 10.0 Å². The average Bonchev–Trinajstić information content (AvgIpc) is 3.03. The Morgan fingerprint density at radius 2 is 2.17 bits per heavy atom. The molecule has 102 valence electrons. The number of aliphatic hydroxyl groups excluding tert-OH is 1. The standard InChI is InChI=1S/C12H19NO3S2/c1-3-12(4-5-12)8-13-18(15,16)11-9(2)7-17-10(11)6-14/h7,13-14H,3-6,8H2,1-2H3. The summed E-state index contributed by atoms with van der Waals surface area (Å²) in [7, 11) is -3.49. The molecule has 2 rings (SSSR count). The van der Waals surface area contributed by atoms with Gasteiger partial charge in [0, 0.05) is 6.54 Å². The molecule has 1 aromatic heterocycles. The molecule has 0 atom stereocenters. The monoisotopic (exact) mass is 289 g/mol. The number of hydrogen-bond donors (Lipinski definition) is 2. The summed E-state index contributed by atoms with van der Waals surface area (Å²) < 4.78 is 27.2. The van der Waals surface area contributed by atoms with Gasteiger partial charge in [0.1, 0.15) is 4.90 Å². The number of sulfonamides is 1. The predicted molar refractivity (Wildman–Crippen MR) is 72.1 cm³/mol. The van der Waals surface area contributed by atoms with E-state index in [1.165, 1.54) is 11.3 Å². The van der Waals surface area contributed by atoms with Crippen LogP contribution in [-0.4, -0.2) is 20.1 Å². The summed E-state index contributed by atoms with van der Waals surface area (Å²) in [5, 5.41) is 11.0. The van der Waals surface area contributed by atoms with E-state index in [1.54, 1.807) is 12.3 Å². The van der Waals surface area contributed by atoms with Crippen molar-refractivity contribution in [2.75, 3.05) is 6.54 Å². The maximum atomic E-state index is 12.3. The minimum Gasteiger partial charge on any atom is -0.391 e. The van der Waals surface area contributed by atoms with Crippen LogP contribution in [0.25, 0.3) is 0 Å². The van der Waals surface area contributed by atoms with Crippen LogP contribution >= 0.6 is 11.3 Å². The van der Waals surface area contributed by atoms with Gasteiger partial charge in [0.05, 0.1) is 11.5 Å². The second kappa shape index (κ2) is 4.92. The quantitative estimate of drug-likeness (QED) is 0.842. The van der Waals surface area contributed by atoms with Crippen LogP contribution in [-0.2, 0) is 16.6 Å². The van der Waals surface area contributed by atoms with Gasteiger partial charge in [0.15, 0.2) is 0 Å². The molecule has 2 N–H and O–H groups in total. The van der Waals surface area contributed by atoms with Gasteiger partial charge >= 0.3 is 0 Å². The maximum absolute atomic E-state index is 12.3. The number of hydrogen-bond acceptors (Lipinski definition) is 4. The first-order valence-corrected chi connectivity index (χ1v) is 8.48. The Morgan fingerprint density at radius 3 is 2.67 bits per heavy atom. The van der Waals surface area contributed by atoms with Crippen molar-refractivity contribution >= 4 is 21.4 Å². The third-order valence-electron chi connectivity index (χ3n) is 3.75. The molecule has 6 heteroatoms. The van der Waals surface area contributed by atoms with Crippen molar-refractivity contribution in [3.05, 3.63) is 15.8 Å². The van der Waals surface area contributed by atoms with Crippen LogP contribution in [0.5, 0.6) is 0 Å². The van der Waals surface area contributed by atoms with Crippen LogP contribution in [0.15, 0.2) is 10.3 Å². The fraction of sp³-hybridized carbons (Fsp3) is 0.667. The van der Waals surface area contributed by atoms with E-state index in [4.69, 9.17) is 0 Å². The molecule has 1 saturated carbocycles. The third-order valence-corrected chi connectivity index (χ3v) is 6.59. The molecule has 18 heavy (non-hydrogen) atoms. The number of aliphatic hydroxyl groups is 1. The van der Waals surface area contributed by atoms with Crippen LogP contribution in [0.1, 0.15) is 36.6 Å². The molecule has 1 aliphatic rings. The average molecular weight is 289 g/mol. The Labute approximate surface area is 112 Å². The summed E-state index contributed by atoms with van der Waals surface area (Å²) in [6.45, 7) is 4.13. The van der Waals surface area contributed by atoms with E-state index in [0.29, 0.717) is 17.0 Å². The molecule has 1 heterocycles. The van der Waals surface area contributed by atoms with Crippen molar-refractivity contribution in [2.24, 2.45) is 5.41 Å². The number of nitrogens with one attached hydrogen (secondary N) is 1. The highest BCUT2D eigenvalue weighted by molar-refractivity contribution is 7.89. The largest absolute Gasteiger partial charge is 0.391 e. The highest BCUT2D eigenvalue weighted by Gasteiger charge is 2.41. The molecule has 0 aromatic carbocycles. The van der Waals surface area contributed by atoms with Gasteiger partial charge in [0.25, 0.3) is 0 Å². The smallest absolute Gasteiger partial charge is 0.242 e. The molecule has 0 amide bonds. The molecule has 0 saturated heterocycles. The highest BCUT2D eigenvalue weighted by atomic mass is 32.2. The Morgan fingerprint density at radius 1 is 1.50 bits per heavy atom. The zero-order chi connectivity index (χ0) is 13.4. The van der Waals surface area contributed by atoms with Crippen LogP contribution in [0.2, 0.25) is 0 Å². The van der Waals surface area contributed by atoms with Gasteiger partial charge in [-0.15, -0.1) is 11.3 Å². The first-order chi connectivity index (χ1) is 8.44. The van der Waals surface area contributed by atoms with E-state index in [2.05, 4.69) is 11.6 Å². The summed E-state index contributed by atoms with van der Waals surface area (Å²) >= 11 is 1.29. The molecule has 0 spiro atoms. The zero-order valence-electron chi connectivity index (χ0n) is 10.7. The van der Waals surface area contributed by atoms with Gasteiger partial charge in [-0.3, -0.25) is 0 Å². The minimum atomic E-state index is -3.49. The van der Waals surface area contributed by atoms with E-state index in [-0.39, 0.29) is 16.9 Å². The lowest BCUT2D eigenvalue weighted by molar-refractivity contribution is 0.282. The van der Waals surface area contributed by atoms with E-state index in [0.717, 1.165) is 19.3 Å². The van der Waals surface area contributed by atoms with Gasteiger partial charge in [-0.05, 0) is 42.5 Å². The Hall–Kier alpha value is -0.430. The molecular formula is C12H19NO3S2. The lowest BCUT2D eigenvalue weighted by Crippen LogP contribution is -2.30. The topological polar surface area (TPSA) is 66.4 Å². The molecule has 0 bridgehead atoms. The summed E-state index contributed by atoms with van der Waals surface area (Å²) in [5.74, 6) is 0. The Balaban J connectivity index is 2.17. The second-order valence-electron chi connectivity index (χ2n) is 5.01. The molecule has 0 radical (unpaired) electrons. The maximum Gasteiger partial charge on any atom is 0.242 e. The number of thiophene rings is 1. The van der Waals surface area contributed by atoms with Crippen molar-refractivity contribution in [1.82, 2.24) is 4.72 Å². The van der Waals surface area contributed by atoms with Crippen molar-refractivity contribution in [3.63, 3.8) is 0 Å². The van der Waals surface area contributed by atoms with Crippen LogP contribution in [0, 0.1) is 12.3 Å². The first-order valence-electron chi connectivity index (χ1n) is 6.11. The van der Waals surface area contributed by atoms with Crippen molar-refractivity contribution in [2.45, 2.75) is 44.6 Å². The van der Waals surface area contributed by atoms with Crippen molar-refractivity contribution in [3.8, 4) is 0 Å². The molecule has 1 fully saturated rings. The molecule has 1 aliphatic carbocycles. The SMILES string of the molecule is CCC1(CNS(=O)(=O)c2c(C)csc2CO)CC1. The van der Waals surface area contributed by atoms with Crippen molar-refractivity contribution < 1.29 is 13.5 Å². The van der Waals surface area contributed by atoms with Gasteiger partial charge in [-0.2, -0.15) is 0 Å². The van der Waals surface area contributed by atoms with Crippen molar-refractivity contribution in [1.29, 1.82) is 0 Å². The highest BCUT2D eigenvalue weighted by Crippen LogP contribution is 2.48. The zero-order valence-corrected chi connectivity index (χ0v) is 12.3. The molecule has 4 nitrogen and oxygen atoms in total. The van der Waals surface area contributed by atoms with Gasteiger partial charge in [-0.1, -0.05) is 6.92 Å².